The van der Waals surface area contributed by atoms with Crippen molar-refractivity contribution in [2.45, 2.75) is 33.8 Å². The highest BCUT2D eigenvalue weighted by Gasteiger charge is 2.15. The lowest BCUT2D eigenvalue weighted by molar-refractivity contribution is 0.0526. The molecule has 0 aliphatic heterocycles. The minimum absolute atomic E-state index is 0.116. The number of rotatable bonds is 9. The summed E-state index contributed by atoms with van der Waals surface area (Å²) in [5, 5.41) is 6.94. The number of esters is 1. The van der Waals surface area contributed by atoms with Gasteiger partial charge in [-0.05, 0) is 99.5 Å². The van der Waals surface area contributed by atoms with Crippen LogP contribution in [0.15, 0.2) is 85.1 Å². The number of hydrogen-bond acceptors (Lipinski definition) is 7. The first kappa shape index (κ1) is 29.2. The van der Waals surface area contributed by atoms with Gasteiger partial charge < -0.3 is 20.1 Å². The SMILES string of the molecule is CCOC(=O)c1ccc(C(=O)Nc2ccc(Nc3ncc4c(-c5ccc(F)cc5OC(C)C)cccc4n3)cc2C)cc1. The number of amides is 1. The fourth-order valence-electron chi connectivity index (χ4n) is 4.60. The summed E-state index contributed by atoms with van der Waals surface area (Å²) in [5.41, 5.74) is 5.34. The first-order valence-corrected chi connectivity index (χ1v) is 13.9. The molecule has 5 aromatic rings. The van der Waals surface area contributed by atoms with Crippen molar-refractivity contribution in [3.05, 3.63) is 108 Å². The van der Waals surface area contributed by atoms with Gasteiger partial charge in [0.05, 0.1) is 23.8 Å². The van der Waals surface area contributed by atoms with Crippen LogP contribution >= 0.6 is 0 Å². The molecule has 1 amide bonds. The van der Waals surface area contributed by atoms with E-state index in [4.69, 9.17) is 14.5 Å². The average Bonchev–Trinajstić information content (AvgIpc) is 2.98. The zero-order chi connectivity index (χ0) is 30.5. The number of fused-ring (bicyclic) bond motifs is 1. The highest BCUT2D eigenvalue weighted by Crippen LogP contribution is 2.36. The van der Waals surface area contributed by atoms with E-state index in [-0.39, 0.29) is 24.4 Å². The van der Waals surface area contributed by atoms with E-state index in [1.807, 2.05) is 51.1 Å². The van der Waals surface area contributed by atoms with E-state index < -0.39 is 5.97 Å². The fraction of sp³-hybridized carbons (Fsp3) is 0.176. The zero-order valence-electron chi connectivity index (χ0n) is 24.3. The highest BCUT2D eigenvalue weighted by atomic mass is 19.1. The zero-order valence-corrected chi connectivity index (χ0v) is 24.3. The Balaban J connectivity index is 1.32. The largest absolute Gasteiger partial charge is 0.490 e. The third kappa shape index (κ3) is 6.78. The van der Waals surface area contributed by atoms with Gasteiger partial charge in [0.15, 0.2) is 0 Å². The number of aromatic nitrogens is 2. The highest BCUT2D eigenvalue weighted by molar-refractivity contribution is 6.05. The minimum atomic E-state index is -0.428. The number of aryl methyl sites for hydroxylation is 1. The molecular formula is C34H31FN4O4. The molecule has 0 spiro atoms. The van der Waals surface area contributed by atoms with Crippen molar-refractivity contribution in [2.24, 2.45) is 0 Å². The molecule has 0 saturated heterocycles. The standard InChI is InChI=1S/C34H31FN4O4/c1-5-42-33(41)23-11-9-22(10-12-23)32(40)38-29-16-14-25(17-21(29)4)37-34-36-19-28-26(7-6-8-30(28)39-34)27-15-13-24(35)18-31(27)43-20(2)3/h6-20H,5H2,1-4H3,(H,38,40)(H,36,37,39). The molecule has 0 radical (unpaired) electrons. The summed E-state index contributed by atoms with van der Waals surface area (Å²) >= 11 is 0. The average molecular weight is 579 g/mol. The van der Waals surface area contributed by atoms with E-state index in [0.717, 1.165) is 27.8 Å². The summed E-state index contributed by atoms with van der Waals surface area (Å²) < 4.78 is 24.9. The van der Waals surface area contributed by atoms with E-state index in [0.29, 0.717) is 34.0 Å². The number of benzene rings is 4. The molecule has 218 valence electrons. The maximum absolute atomic E-state index is 14.0. The lowest BCUT2D eigenvalue weighted by Gasteiger charge is -2.16. The number of nitrogens with zero attached hydrogens (tertiary/aromatic N) is 2. The quantitative estimate of drug-likeness (QED) is 0.173. The summed E-state index contributed by atoms with van der Waals surface area (Å²) in [5.74, 6) is -0.229. The van der Waals surface area contributed by atoms with Gasteiger partial charge in [0.25, 0.3) is 5.91 Å². The Morgan fingerprint density at radius 3 is 2.42 bits per heavy atom. The number of carbonyl (C=O) groups is 2. The molecule has 5 rings (SSSR count). The van der Waals surface area contributed by atoms with Crippen molar-refractivity contribution >= 4 is 40.1 Å². The van der Waals surface area contributed by atoms with Crippen molar-refractivity contribution in [3.8, 4) is 16.9 Å². The number of nitrogens with one attached hydrogen (secondary N) is 2. The van der Waals surface area contributed by atoms with Crippen molar-refractivity contribution < 1.29 is 23.5 Å². The summed E-state index contributed by atoms with van der Waals surface area (Å²) in [4.78, 5) is 33.9. The van der Waals surface area contributed by atoms with Gasteiger partial charge in [-0.25, -0.2) is 19.2 Å². The molecule has 2 N–H and O–H groups in total. The molecule has 0 unspecified atom stereocenters. The van der Waals surface area contributed by atoms with Gasteiger partial charge in [0.2, 0.25) is 5.95 Å². The fourth-order valence-corrected chi connectivity index (χ4v) is 4.60. The van der Waals surface area contributed by atoms with Gasteiger partial charge in [-0.15, -0.1) is 0 Å². The van der Waals surface area contributed by atoms with E-state index in [1.165, 1.54) is 12.1 Å². The molecule has 9 heteroatoms. The molecule has 0 fully saturated rings. The van der Waals surface area contributed by atoms with Crippen molar-refractivity contribution in [3.63, 3.8) is 0 Å². The summed E-state index contributed by atoms with van der Waals surface area (Å²) in [7, 11) is 0. The molecule has 0 aliphatic rings. The molecule has 0 bridgehead atoms. The van der Waals surface area contributed by atoms with Crippen LogP contribution in [0.4, 0.5) is 21.7 Å². The van der Waals surface area contributed by atoms with Gasteiger partial charge in [0.1, 0.15) is 11.6 Å². The molecule has 4 aromatic carbocycles. The van der Waals surface area contributed by atoms with Gasteiger partial charge >= 0.3 is 5.97 Å². The first-order valence-electron chi connectivity index (χ1n) is 13.9. The smallest absolute Gasteiger partial charge is 0.338 e. The third-order valence-electron chi connectivity index (χ3n) is 6.61. The van der Waals surface area contributed by atoms with Crippen molar-refractivity contribution in [1.29, 1.82) is 0 Å². The number of hydrogen-bond donors (Lipinski definition) is 2. The van der Waals surface area contributed by atoms with Gasteiger partial charge in [0, 0.05) is 40.2 Å². The van der Waals surface area contributed by atoms with Crippen molar-refractivity contribution in [2.75, 3.05) is 17.2 Å². The minimum Gasteiger partial charge on any atom is -0.490 e. The Labute approximate surface area is 248 Å². The molecule has 1 aromatic heterocycles. The van der Waals surface area contributed by atoms with Crippen LogP contribution in [0.25, 0.3) is 22.0 Å². The Kier molecular flexibility index (Phi) is 8.61. The van der Waals surface area contributed by atoms with E-state index in [9.17, 15) is 14.0 Å². The van der Waals surface area contributed by atoms with E-state index >= 15 is 0 Å². The molecule has 0 saturated carbocycles. The monoisotopic (exact) mass is 578 g/mol. The molecule has 8 nitrogen and oxygen atoms in total. The van der Waals surface area contributed by atoms with Crippen LogP contribution in [0.5, 0.6) is 5.75 Å². The third-order valence-corrected chi connectivity index (χ3v) is 6.61. The van der Waals surface area contributed by atoms with Crippen LogP contribution in [0, 0.1) is 12.7 Å². The normalized spacial score (nSPS) is 10.9. The molecule has 1 heterocycles. The number of ether oxygens (including phenoxy) is 2. The second-order valence-corrected chi connectivity index (χ2v) is 10.1. The van der Waals surface area contributed by atoms with Crippen LogP contribution in [0.1, 0.15) is 47.1 Å². The van der Waals surface area contributed by atoms with Crippen LogP contribution in [-0.2, 0) is 4.74 Å². The summed E-state index contributed by atoms with van der Waals surface area (Å²) in [6.07, 6.45) is 1.62. The Hall–Kier alpha value is -5.31. The molecule has 0 aliphatic carbocycles. The lowest BCUT2D eigenvalue weighted by Crippen LogP contribution is -2.13. The van der Waals surface area contributed by atoms with E-state index in [2.05, 4.69) is 15.6 Å². The van der Waals surface area contributed by atoms with Crippen LogP contribution in [0.3, 0.4) is 0 Å². The summed E-state index contributed by atoms with van der Waals surface area (Å²) in [6, 6.07) is 22.0. The first-order chi connectivity index (χ1) is 20.7. The van der Waals surface area contributed by atoms with E-state index in [1.54, 1.807) is 49.5 Å². The number of halogens is 1. The van der Waals surface area contributed by atoms with Crippen LogP contribution in [-0.4, -0.2) is 34.6 Å². The van der Waals surface area contributed by atoms with Gasteiger partial charge in [-0.1, -0.05) is 12.1 Å². The maximum atomic E-state index is 14.0. The predicted octanol–water partition coefficient (Wildman–Crippen LogP) is 7.70. The lowest BCUT2D eigenvalue weighted by atomic mass is 10.0. The second kappa shape index (κ2) is 12.7. The second-order valence-electron chi connectivity index (χ2n) is 10.1. The summed E-state index contributed by atoms with van der Waals surface area (Å²) in [6.45, 7) is 7.70. The molecule has 0 atom stereocenters. The Morgan fingerprint density at radius 2 is 1.70 bits per heavy atom. The van der Waals surface area contributed by atoms with Crippen molar-refractivity contribution in [1.82, 2.24) is 9.97 Å². The number of anilines is 3. The van der Waals surface area contributed by atoms with Gasteiger partial charge in [-0.2, -0.15) is 0 Å². The Morgan fingerprint density at radius 1 is 0.930 bits per heavy atom. The Bertz CT molecular complexity index is 1810. The topological polar surface area (TPSA) is 102 Å². The van der Waals surface area contributed by atoms with Gasteiger partial charge in [-0.3, -0.25) is 4.79 Å². The predicted molar refractivity (Wildman–Crippen MR) is 166 cm³/mol. The van der Waals surface area contributed by atoms with Crippen LogP contribution < -0.4 is 15.4 Å². The molecule has 43 heavy (non-hydrogen) atoms. The molecular weight excluding hydrogens is 547 g/mol. The van der Waals surface area contributed by atoms with Crippen LogP contribution in [0.2, 0.25) is 0 Å². The number of carbonyl (C=O) groups excluding carboxylic acids is 2. The maximum Gasteiger partial charge on any atom is 0.338 e.